The quantitative estimate of drug-likeness (QED) is 0.824. The average molecular weight is 299 g/mol. The molecule has 2 rings (SSSR count). The maximum atomic E-state index is 10.4. The van der Waals surface area contributed by atoms with E-state index in [4.69, 9.17) is 28.3 Å². The maximum Gasteiger partial charge on any atom is 0.303 e. The zero-order valence-electron chi connectivity index (χ0n) is 9.99. The number of nitrogens with zero attached hydrogens (tertiary/aromatic N) is 1. The molecule has 1 heterocycles. The Kier molecular flexibility index (Phi) is 4.45. The summed E-state index contributed by atoms with van der Waals surface area (Å²) in [5, 5.41) is 14.5. The molecule has 2 aromatic rings. The third-order valence-corrected chi connectivity index (χ3v) is 3.19. The fourth-order valence-electron chi connectivity index (χ4n) is 1.79. The molecule has 0 aliphatic carbocycles. The third-order valence-electron chi connectivity index (χ3n) is 2.65. The van der Waals surface area contributed by atoms with Crippen LogP contribution in [-0.4, -0.2) is 22.6 Å². The largest absolute Gasteiger partial charge is 0.481 e. The van der Waals surface area contributed by atoms with Crippen LogP contribution in [0.3, 0.4) is 0 Å². The zero-order valence-corrected chi connectivity index (χ0v) is 11.5. The summed E-state index contributed by atoms with van der Waals surface area (Å²) in [4.78, 5) is 14.7. The number of benzene rings is 1. The first kappa shape index (κ1) is 13.9. The van der Waals surface area contributed by atoms with E-state index in [1.54, 1.807) is 18.3 Å². The lowest BCUT2D eigenvalue weighted by Gasteiger charge is -2.09. The predicted octanol–water partition coefficient (Wildman–Crippen LogP) is 3.82. The number of rotatable bonds is 5. The van der Waals surface area contributed by atoms with Gasteiger partial charge in [-0.25, -0.2) is 4.98 Å². The standard InChI is InChI=1S/C13H12Cl2N2O2/c14-8-6-10-9(11(15)7-8)3-5-17-13(10)16-4-1-2-12(18)19/h3,5-7H,1-2,4H2,(H,16,17)(H,18,19). The van der Waals surface area contributed by atoms with E-state index in [9.17, 15) is 4.79 Å². The Morgan fingerprint density at radius 3 is 2.84 bits per heavy atom. The molecule has 6 heteroatoms. The Morgan fingerprint density at radius 2 is 2.11 bits per heavy atom. The number of hydrogen-bond donors (Lipinski definition) is 2. The first-order valence-electron chi connectivity index (χ1n) is 5.77. The first-order chi connectivity index (χ1) is 9.08. The molecule has 19 heavy (non-hydrogen) atoms. The summed E-state index contributed by atoms with van der Waals surface area (Å²) in [7, 11) is 0. The van der Waals surface area contributed by atoms with Crippen LogP contribution in [-0.2, 0) is 4.79 Å². The average Bonchev–Trinajstić information content (AvgIpc) is 2.34. The van der Waals surface area contributed by atoms with Crippen LogP contribution in [0, 0.1) is 0 Å². The van der Waals surface area contributed by atoms with Crippen molar-refractivity contribution in [2.24, 2.45) is 0 Å². The minimum atomic E-state index is -0.807. The molecular formula is C13H12Cl2N2O2. The highest BCUT2D eigenvalue weighted by atomic mass is 35.5. The van der Waals surface area contributed by atoms with Crippen molar-refractivity contribution in [2.45, 2.75) is 12.8 Å². The van der Waals surface area contributed by atoms with Gasteiger partial charge in [0.05, 0.1) is 5.02 Å². The topological polar surface area (TPSA) is 62.2 Å². The summed E-state index contributed by atoms with van der Waals surface area (Å²) in [6.07, 6.45) is 2.31. The van der Waals surface area contributed by atoms with Crippen LogP contribution in [0.4, 0.5) is 5.82 Å². The van der Waals surface area contributed by atoms with Crippen molar-refractivity contribution in [3.8, 4) is 0 Å². The molecule has 0 atom stereocenters. The molecule has 0 spiro atoms. The molecule has 1 aromatic heterocycles. The minimum Gasteiger partial charge on any atom is -0.481 e. The monoisotopic (exact) mass is 298 g/mol. The highest BCUT2D eigenvalue weighted by Crippen LogP contribution is 2.31. The number of hydrogen-bond acceptors (Lipinski definition) is 3. The summed E-state index contributed by atoms with van der Waals surface area (Å²) in [5.41, 5.74) is 0. The lowest BCUT2D eigenvalue weighted by Crippen LogP contribution is -2.06. The van der Waals surface area contributed by atoms with E-state index in [1.807, 2.05) is 6.07 Å². The van der Waals surface area contributed by atoms with Gasteiger partial charge >= 0.3 is 5.97 Å². The molecule has 100 valence electrons. The van der Waals surface area contributed by atoms with Crippen molar-refractivity contribution in [3.63, 3.8) is 0 Å². The zero-order chi connectivity index (χ0) is 13.8. The number of aromatic nitrogens is 1. The van der Waals surface area contributed by atoms with Gasteiger partial charge in [0.15, 0.2) is 0 Å². The number of fused-ring (bicyclic) bond motifs is 1. The van der Waals surface area contributed by atoms with E-state index in [-0.39, 0.29) is 6.42 Å². The molecule has 0 saturated heterocycles. The summed E-state index contributed by atoms with van der Waals surface area (Å²) in [5.74, 6) is -0.147. The highest BCUT2D eigenvalue weighted by molar-refractivity contribution is 6.39. The number of anilines is 1. The molecule has 0 fully saturated rings. The fourth-order valence-corrected chi connectivity index (χ4v) is 2.35. The normalized spacial score (nSPS) is 10.6. The number of pyridine rings is 1. The lowest BCUT2D eigenvalue weighted by atomic mass is 10.1. The molecule has 0 aliphatic rings. The van der Waals surface area contributed by atoms with E-state index < -0.39 is 5.97 Å². The Morgan fingerprint density at radius 1 is 1.32 bits per heavy atom. The molecule has 0 amide bonds. The number of aliphatic carboxylic acids is 1. The molecule has 4 nitrogen and oxygen atoms in total. The van der Waals surface area contributed by atoms with E-state index in [1.165, 1.54) is 0 Å². The van der Waals surface area contributed by atoms with E-state index in [0.29, 0.717) is 28.8 Å². The van der Waals surface area contributed by atoms with Gasteiger partial charge in [-0.2, -0.15) is 0 Å². The SMILES string of the molecule is O=C(O)CCCNc1nccc2c(Cl)cc(Cl)cc12. The van der Waals surface area contributed by atoms with Gasteiger partial charge in [0.2, 0.25) is 0 Å². The summed E-state index contributed by atoms with van der Waals surface area (Å²) >= 11 is 12.1. The Bertz CT molecular complexity index is 617. The molecule has 0 aliphatic heterocycles. The number of carbonyl (C=O) groups is 1. The van der Waals surface area contributed by atoms with Gasteiger partial charge in [0.25, 0.3) is 0 Å². The second-order valence-corrected chi connectivity index (χ2v) is 4.91. The molecular weight excluding hydrogens is 287 g/mol. The van der Waals surface area contributed by atoms with Crippen molar-refractivity contribution < 1.29 is 9.90 Å². The van der Waals surface area contributed by atoms with Gasteiger partial charge in [-0.1, -0.05) is 23.2 Å². The molecule has 2 N–H and O–H groups in total. The predicted molar refractivity (Wildman–Crippen MR) is 77.1 cm³/mol. The van der Waals surface area contributed by atoms with Crippen molar-refractivity contribution in [3.05, 3.63) is 34.4 Å². The van der Waals surface area contributed by atoms with E-state index in [2.05, 4.69) is 10.3 Å². The molecule has 0 unspecified atom stereocenters. The number of nitrogens with one attached hydrogen (secondary N) is 1. The van der Waals surface area contributed by atoms with Gasteiger partial charge in [0, 0.05) is 35.0 Å². The molecule has 1 aromatic carbocycles. The van der Waals surface area contributed by atoms with E-state index in [0.717, 1.165) is 10.8 Å². The minimum absolute atomic E-state index is 0.124. The van der Waals surface area contributed by atoms with Crippen molar-refractivity contribution in [1.29, 1.82) is 0 Å². The summed E-state index contributed by atoms with van der Waals surface area (Å²) in [6.45, 7) is 0.530. The van der Waals surface area contributed by atoms with Crippen LogP contribution < -0.4 is 5.32 Å². The number of halogens is 2. The van der Waals surface area contributed by atoms with Gasteiger partial charge in [-0.05, 0) is 24.6 Å². The maximum absolute atomic E-state index is 10.4. The molecule has 0 saturated carbocycles. The van der Waals surface area contributed by atoms with Gasteiger partial charge in [-0.15, -0.1) is 0 Å². The number of carboxylic acids is 1. The van der Waals surface area contributed by atoms with Crippen LogP contribution in [0.25, 0.3) is 10.8 Å². The van der Waals surface area contributed by atoms with Crippen molar-refractivity contribution in [2.75, 3.05) is 11.9 Å². The smallest absolute Gasteiger partial charge is 0.303 e. The molecule has 0 radical (unpaired) electrons. The third kappa shape index (κ3) is 3.49. The van der Waals surface area contributed by atoms with Gasteiger partial charge in [-0.3, -0.25) is 4.79 Å². The van der Waals surface area contributed by atoms with Crippen LogP contribution in [0.15, 0.2) is 24.4 Å². The Labute approximate surface area is 120 Å². The van der Waals surface area contributed by atoms with Gasteiger partial charge in [0.1, 0.15) is 5.82 Å². The first-order valence-corrected chi connectivity index (χ1v) is 6.53. The fraction of sp³-hybridized carbons (Fsp3) is 0.231. The van der Waals surface area contributed by atoms with Crippen LogP contribution in [0.1, 0.15) is 12.8 Å². The van der Waals surface area contributed by atoms with Crippen LogP contribution in [0.5, 0.6) is 0 Å². The summed E-state index contributed by atoms with van der Waals surface area (Å²) < 4.78 is 0. The summed E-state index contributed by atoms with van der Waals surface area (Å²) in [6, 6.07) is 5.28. The Hall–Kier alpha value is -1.52. The lowest BCUT2D eigenvalue weighted by molar-refractivity contribution is -0.137. The second-order valence-electron chi connectivity index (χ2n) is 4.07. The van der Waals surface area contributed by atoms with Crippen LogP contribution in [0.2, 0.25) is 10.0 Å². The van der Waals surface area contributed by atoms with Crippen molar-refractivity contribution in [1.82, 2.24) is 4.98 Å². The Balaban J connectivity index is 2.21. The van der Waals surface area contributed by atoms with Crippen LogP contribution >= 0.6 is 23.2 Å². The number of carboxylic acid groups (broad SMARTS) is 1. The second kappa shape index (κ2) is 6.08. The van der Waals surface area contributed by atoms with Gasteiger partial charge < -0.3 is 10.4 Å². The van der Waals surface area contributed by atoms with Crippen molar-refractivity contribution >= 4 is 45.8 Å². The van der Waals surface area contributed by atoms with E-state index >= 15 is 0 Å². The molecule has 0 bridgehead atoms. The highest BCUT2D eigenvalue weighted by Gasteiger charge is 2.07.